The van der Waals surface area contributed by atoms with Crippen LogP contribution in [0.5, 0.6) is 0 Å². The van der Waals surface area contributed by atoms with Crippen LogP contribution in [0.1, 0.15) is 439 Å². The standard InChI is InChI=1S/2C18H30O2.C16H22O6.2C16H26O3.C14H20O4.12CH4/c2*1-5-17(3,4)16(19)20-18(6-2)14-8-12-7-13(10-14)11-15(18)9-12;1-5-16(2,3)15(19)22-12-7-6-8-10(9(7)13(17)20-4)14(18)21-11(8)12;2*1-4-14(2,3)13(17)19-16-8-11-5-12(9-16)7-15(18,6-11)10-16;1-4-14(2,3)13(16)18-10-7-5-8-9(6-7)12(15)17-11(8)10;;;;;;;;;;;;/h2*12-15H,5-11H2,1-4H3;7-12H,5-6H2,1-4H3;2*11-12,18H,4-10H2,1-3H3;7-11H,4-6H2,1-3H3;12*1H4. The Bertz CT molecular complexity index is 3510. The summed E-state index contributed by atoms with van der Waals surface area (Å²) < 4.78 is 51.5. The van der Waals surface area contributed by atoms with Crippen molar-refractivity contribution in [3.05, 3.63) is 0 Å². The van der Waals surface area contributed by atoms with E-state index in [4.69, 9.17) is 42.6 Å². The first-order valence-electron chi connectivity index (χ1n) is 47.4. The fourth-order valence-electron chi connectivity index (χ4n) is 27.5. The van der Waals surface area contributed by atoms with Crippen LogP contribution in [0.25, 0.3) is 0 Å². The lowest BCUT2D eigenvalue weighted by atomic mass is 9.49. The molecule has 2 aliphatic heterocycles. The number of methoxy groups -OCH3 is 1. The third-order valence-electron chi connectivity index (χ3n) is 35.8. The summed E-state index contributed by atoms with van der Waals surface area (Å²) in [7, 11) is 1.31. The highest BCUT2D eigenvalue weighted by atomic mass is 16.6. The Balaban J connectivity index is 0.000000766. The van der Waals surface area contributed by atoms with E-state index in [1.54, 1.807) is 0 Å². The number of esters is 9. The van der Waals surface area contributed by atoms with E-state index in [0.717, 1.165) is 133 Å². The van der Waals surface area contributed by atoms with Crippen LogP contribution in [0.4, 0.5) is 0 Å². The molecule has 0 aromatic heterocycles. The van der Waals surface area contributed by atoms with Crippen LogP contribution in [-0.4, -0.2) is 129 Å². The number of carbonyl (C=O) groups is 9. The first kappa shape index (κ1) is 123. The van der Waals surface area contributed by atoms with Crippen LogP contribution in [0.3, 0.4) is 0 Å². The van der Waals surface area contributed by atoms with Crippen LogP contribution < -0.4 is 0 Å². The number of aliphatic hydroxyl groups is 2. The normalized spacial score (nSPS) is 38.4. The van der Waals surface area contributed by atoms with E-state index < -0.39 is 62.9 Å². The van der Waals surface area contributed by atoms with Crippen LogP contribution in [-0.2, 0) is 85.8 Å². The number of fused-ring (bicyclic) bond motifs is 2. The van der Waals surface area contributed by atoms with Gasteiger partial charge in [-0.2, -0.15) is 0 Å². The maximum Gasteiger partial charge on any atom is 0.312 e. The number of rotatable bonds is 21. The van der Waals surface area contributed by atoms with E-state index in [0.29, 0.717) is 84.9 Å². The van der Waals surface area contributed by atoms with Crippen molar-refractivity contribution in [2.45, 2.75) is 498 Å². The van der Waals surface area contributed by atoms with E-state index in [2.05, 4.69) is 27.7 Å². The van der Waals surface area contributed by atoms with Crippen LogP contribution in [0.15, 0.2) is 0 Å². The highest BCUT2D eigenvalue weighted by Gasteiger charge is 2.72. The molecule has 22 fully saturated rings. The number of hydrogen-bond donors (Lipinski definition) is 2. The Labute approximate surface area is 795 Å². The van der Waals surface area contributed by atoms with Crippen molar-refractivity contribution >= 4 is 53.7 Å². The van der Waals surface area contributed by atoms with Crippen molar-refractivity contribution in [2.75, 3.05) is 7.11 Å². The predicted molar refractivity (Wildman–Crippen MR) is 524 cm³/mol. The fourth-order valence-corrected chi connectivity index (χ4v) is 27.5. The topological polar surface area (TPSA) is 277 Å². The summed E-state index contributed by atoms with van der Waals surface area (Å²) in [5.41, 5.74) is -4.62. The van der Waals surface area contributed by atoms with Gasteiger partial charge in [0.15, 0.2) is 0 Å². The molecule has 20 saturated carbocycles. The predicted octanol–water partition coefficient (Wildman–Crippen LogP) is 26.1. The molecule has 0 aromatic carbocycles. The van der Waals surface area contributed by atoms with Crippen molar-refractivity contribution in [3.8, 4) is 0 Å². The molecule has 0 radical (unpaired) electrons. The van der Waals surface area contributed by atoms with Crippen LogP contribution >= 0.6 is 0 Å². The summed E-state index contributed by atoms with van der Waals surface area (Å²) in [6, 6.07) is 0. The van der Waals surface area contributed by atoms with Crippen LogP contribution in [0, 0.1) is 145 Å². The highest BCUT2D eigenvalue weighted by Crippen LogP contribution is 2.66. The van der Waals surface area contributed by atoms with Gasteiger partial charge in [0.05, 0.1) is 68.6 Å². The lowest BCUT2D eigenvalue weighted by Gasteiger charge is -2.60. The lowest BCUT2D eigenvalue weighted by molar-refractivity contribution is -0.226. The molecule has 20 aliphatic carbocycles. The zero-order valence-electron chi connectivity index (χ0n) is 76.4. The molecular weight excluding hydrogens is 1640 g/mol. The van der Waals surface area contributed by atoms with Crippen molar-refractivity contribution < 1.29 is 96.0 Å². The van der Waals surface area contributed by atoms with E-state index >= 15 is 0 Å². The van der Waals surface area contributed by atoms with E-state index in [1.165, 1.54) is 84.2 Å². The minimum absolute atomic E-state index is 0. The molecule has 130 heavy (non-hydrogen) atoms. The van der Waals surface area contributed by atoms with Gasteiger partial charge in [0, 0.05) is 36.5 Å². The average Bonchev–Trinajstić information content (AvgIpc) is 1.49. The molecule has 2 heterocycles. The molecule has 762 valence electrons. The number of ether oxygens (including phenoxy) is 9. The van der Waals surface area contributed by atoms with Gasteiger partial charge in [-0.15, -0.1) is 0 Å². The molecule has 20 bridgehead atoms. The fraction of sp³-hybridized carbons (Fsp3) is 0.918. The van der Waals surface area contributed by atoms with Gasteiger partial charge in [-0.3, -0.25) is 43.2 Å². The first-order valence-corrected chi connectivity index (χ1v) is 47.4. The summed E-state index contributed by atoms with van der Waals surface area (Å²) in [5.74, 6) is 6.57. The third-order valence-corrected chi connectivity index (χ3v) is 35.8. The Morgan fingerprint density at radius 1 is 0.338 bits per heavy atom. The second-order valence-corrected chi connectivity index (χ2v) is 46.1. The molecule has 15 unspecified atom stereocenters. The average molecular weight is 1840 g/mol. The Kier molecular flexibility index (Phi) is 42.4. The van der Waals surface area contributed by atoms with Crippen molar-refractivity contribution in [2.24, 2.45) is 145 Å². The zero-order chi connectivity index (χ0) is 86.2. The summed E-state index contributed by atoms with van der Waals surface area (Å²) >= 11 is 0. The molecule has 22 rings (SSSR count). The van der Waals surface area contributed by atoms with Gasteiger partial charge in [0.25, 0.3) is 0 Å². The monoisotopic (exact) mass is 1840 g/mol. The molecule has 0 aromatic rings. The molecule has 0 amide bonds. The zero-order valence-corrected chi connectivity index (χ0v) is 76.4. The van der Waals surface area contributed by atoms with E-state index in [-0.39, 0.29) is 200 Å². The second kappa shape index (κ2) is 44.7. The van der Waals surface area contributed by atoms with Crippen LogP contribution in [0.2, 0.25) is 0 Å². The molecule has 15 atom stereocenters. The van der Waals surface area contributed by atoms with Gasteiger partial charge < -0.3 is 52.8 Å². The van der Waals surface area contributed by atoms with E-state index in [9.17, 15) is 53.4 Å². The molecule has 20 heteroatoms. The van der Waals surface area contributed by atoms with Crippen molar-refractivity contribution in [1.82, 2.24) is 0 Å². The van der Waals surface area contributed by atoms with Gasteiger partial charge in [-0.05, 0) is 353 Å². The van der Waals surface area contributed by atoms with Crippen molar-refractivity contribution in [3.63, 3.8) is 0 Å². The minimum atomic E-state index is -0.593. The number of carbonyl (C=O) groups excluding carboxylic acids is 9. The molecule has 22 aliphatic rings. The maximum atomic E-state index is 12.6. The molecule has 0 spiro atoms. The quantitative estimate of drug-likeness (QED) is 0.0798. The summed E-state index contributed by atoms with van der Waals surface area (Å²) in [6.07, 6.45) is 32.5. The minimum Gasteiger partial charge on any atom is -0.469 e. The second-order valence-electron chi connectivity index (χ2n) is 46.1. The Morgan fingerprint density at radius 3 is 0.923 bits per heavy atom. The molecule has 2 N–H and O–H groups in total. The van der Waals surface area contributed by atoms with E-state index in [1.807, 2.05) is 111 Å². The molecule has 20 nitrogen and oxygen atoms in total. The smallest absolute Gasteiger partial charge is 0.312 e. The summed E-state index contributed by atoms with van der Waals surface area (Å²) in [4.78, 5) is 110. The highest BCUT2D eigenvalue weighted by molar-refractivity contribution is 5.87. The number of hydrogen-bond acceptors (Lipinski definition) is 20. The molecular formula is C110H202O20. The maximum absolute atomic E-state index is 12.6. The van der Waals surface area contributed by atoms with Gasteiger partial charge in [0.2, 0.25) is 0 Å². The lowest BCUT2D eigenvalue weighted by Crippen LogP contribution is -2.61. The van der Waals surface area contributed by atoms with Gasteiger partial charge >= 0.3 is 53.7 Å². The summed E-state index contributed by atoms with van der Waals surface area (Å²) in [6.45, 7) is 39.9. The molecule has 2 saturated heterocycles. The van der Waals surface area contributed by atoms with Gasteiger partial charge in [-0.25, -0.2) is 0 Å². The van der Waals surface area contributed by atoms with Crippen molar-refractivity contribution in [1.29, 1.82) is 0 Å². The first-order chi connectivity index (χ1) is 55.1. The van der Waals surface area contributed by atoms with Gasteiger partial charge in [-0.1, -0.05) is 145 Å². The third kappa shape index (κ3) is 23.2. The SMILES string of the molecule is C.C.C.C.C.C.C.C.C.C.C.C.CCC(C)(C)C(=O)OC1(CC)C2CC3CC(C2)CC1C3.CCC(C)(C)C(=O)OC1(CC)C2CC3CC(C2)CC1C3.CCC(C)(C)C(=O)OC12CC3CC(CC(O)(C3)C1)C2.CCC(C)(C)C(=O)OC12CC3CC(CC(O)(C3)C1)C2.CCC(C)(C)C(=O)OC1C2CC3C(=O)OC1C3C2.CCC(C)(C)C(=O)OC1C2CC3C1OC(=O)C3C2C(=O)OC. The Morgan fingerprint density at radius 2 is 0.623 bits per heavy atom. The van der Waals surface area contributed by atoms with Gasteiger partial charge in [0.1, 0.15) is 46.8 Å². The Hall–Kier alpha value is -4.85. The summed E-state index contributed by atoms with van der Waals surface area (Å²) in [5, 5.41) is 21.3. The largest absolute Gasteiger partial charge is 0.469 e.